The van der Waals surface area contributed by atoms with Crippen LogP contribution in [-0.2, 0) is 0 Å². The minimum atomic E-state index is -0.471. The van der Waals surface area contributed by atoms with Crippen molar-refractivity contribution in [2.75, 3.05) is 0 Å². The van der Waals surface area contributed by atoms with Gasteiger partial charge >= 0.3 is 0 Å². The summed E-state index contributed by atoms with van der Waals surface area (Å²) in [6.45, 7) is 10.3. The van der Waals surface area contributed by atoms with Crippen LogP contribution in [0.25, 0.3) is 34.4 Å². The zero-order valence-corrected chi connectivity index (χ0v) is 20.2. The van der Waals surface area contributed by atoms with E-state index in [2.05, 4.69) is 45.1 Å². The second-order valence-electron chi connectivity index (χ2n) is 10.2. The molecule has 0 radical (unpaired) electrons. The van der Waals surface area contributed by atoms with Crippen LogP contribution in [0.4, 0.5) is 0 Å². The van der Waals surface area contributed by atoms with Crippen molar-refractivity contribution in [1.29, 1.82) is 0 Å². The lowest BCUT2D eigenvalue weighted by Gasteiger charge is -2.36. The fourth-order valence-corrected chi connectivity index (χ4v) is 4.55. The minimum absolute atomic E-state index is 0.0279. The van der Waals surface area contributed by atoms with Crippen molar-refractivity contribution in [3.8, 4) is 34.3 Å². The van der Waals surface area contributed by atoms with Gasteiger partial charge in [-0.2, -0.15) is 0 Å². The van der Waals surface area contributed by atoms with Crippen molar-refractivity contribution < 1.29 is 24.1 Å². The van der Waals surface area contributed by atoms with Crippen molar-refractivity contribution in [1.82, 2.24) is 0 Å². The molecule has 0 aliphatic carbocycles. The van der Waals surface area contributed by atoms with E-state index < -0.39 is 11.2 Å². The number of hydrogen-bond donors (Lipinski definition) is 2. The number of aromatic hydroxyl groups is 2. The van der Waals surface area contributed by atoms with Crippen LogP contribution in [-0.4, -0.2) is 21.4 Å². The highest BCUT2D eigenvalue weighted by molar-refractivity contribution is 6.01. The van der Waals surface area contributed by atoms with Crippen LogP contribution in [0.1, 0.15) is 58.6 Å². The highest BCUT2D eigenvalue weighted by Gasteiger charge is 2.36. The molecule has 2 aliphatic rings. The minimum Gasteiger partial charge on any atom is -0.508 e. The Kier molecular flexibility index (Phi) is 5.05. The Labute approximate surface area is 199 Å². The number of hydrogen-bond acceptors (Lipinski definition) is 5. The van der Waals surface area contributed by atoms with Crippen molar-refractivity contribution >= 4 is 23.1 Å². The molecule has 0 amide bonds. The smallest absolute Gasteiger partial charge is 0.174 e. The Balaban J connectivity index is 1.68. The largest absolute Gasteiger partial charge is 0.508 e. The lowest BCUT2D eigenvalue weighted by atomic mass is 9.91. The summed E-state index contributed by atoms with van der Waals surface area (Å²) >= 11 is 0. The van der Waals surface area contributed by atoms with Gasteiger partial charge in [-0.1, -0.05) is 17.7 Å². The first-order valence-corrected chi connectivity index (χ1v) is 11.6. The third-order valence-corrected chi connectivity index (χ3v) is 6.30. The zero-order valence-electron chi connectivity index (χ0n) is 20.2. The molecule has 0 unspecified atom stereocenters. The average molecular weight is 459 g/mol. The molecule has 176 valence electrons. The summed E-state index contributed by atoms with van der Waals surface area (Å²) in [6, 6.07) is 6.35. The maximum atomic E-state index is 9.97. The monoisotopic (exact) mass is 458 g/mol. The predicted octanol–water partition coefficient (Wildman–Crippen LogP) is 7.61. The Bertz CT molecular complexity index is 1360. The molecule has 0 bridgehead atoms. The summed E-state index contributed by atoms with van der Waals surface area (Å²) in [6.07, 6.45) is 12.2. The first-order chi connectivity index (χ1) is 16.0. The molecule has 2 aromatic carbocycles. The van der Waals surface area contributed by atoms with E-state index in [9.17, 15) is 10.2 Å². The number of furan rings is 1. The molecule has 2 aliphatic heterocycles. The first kappa shape index (κ1) is 22.2. The van der Waals surface area contributed by atoms with E-state index in [-0.39, 0.29) is 11.5 Å². The molecule has 34 heavy (non-hydrogen) atoms. The molecule has 5 rings (SSSR count). The zero-order chi connectivity index (χ0) is 24.3. The third kappa shape index (κ3) is 3.96. The van der Waals surface area contributed by atoms with E-state index in [0.717, 1.165) is 29.4 Å². The van der Waals surface area contributed by atoms with Crippen LogP contribution in [0.2, 0.25) is 0 Å². The molecule has 0 saturated heterocycles. The molecular formula is C29H30O5. The Morgan fingerprint density at radius 3 is 2.26 bits per heavy atom. The fourth-order valence-electron chi connectivity index (χ4n) is 4.55. The van der Waals surface area contributed by atoms with Crippen LogP contribution in [0.3, 0.4) is 0 Å². The average Bonchev–Trinajstić information content (AvgIpc) is 3.17. The molecule has 0 spiro atoms. The van der Waals surface area contributed by atoms with Gasteiger partial charge in [-0.3, -0.25) is 0 Å². The van der Waals surface area contributed by atoms with Gasteiger partial charge in [-0.05, 0) is 83.9 Å². The predicted molar refractivity (Wildman–Crippen MR) is 135 cm³/mol. The van der Waals surface area contributed by atoms with Crippen LogP contribution in [0, 0.1) is 0 Å². The Morgan fingerprint density at radius 2 is 1.56 bits per heavy atom. The molecule has 1 atom stereocenters. The van der Waals surface area contributed by atoms with E-state index >= 15 is 0 Å². The van der Waals surface area contributed by atoms with Gasteiger partial charge in [0.25, 0.3) is 0 Å². The normalized spacial score (nSPS) is 19.8. The molecule has 3 heterocycles. The summed E-state index contributed by atoms with van der Waals surface area (Å²) in [5.74, 6) is 1.88. The lowest BCUT2D eigenvalue weighted by molar-refractivity contribution is 0.105. The van der Waals surface area contributed by atoms with E-state index in [4.69, 9.17) is 13.9 Å². The van der Waals surface area contributed by atoms with Gasteiger partial charge in [0.2, 0.25) is 0 Å². The van der Waals surface area contributed by atoms with Gasteiger partial charge in [0, 0.05) is 22.6 Å². The van der Waals surface area contributed by atoms with Crippen molar-refractivity contribution in [3.63, 3.8) is 0 Å². The van der Waals surface area contributed by atoms with Crippen LogP contribution in [0.15, 0.2) is 52.5 Å². The van der Waals surface area contributed by atoms with Gasteiger partial charge in [0.1, 0.15) is 34.0 Å². The number of fused-ring (bicyclic) bond motifs is 6. The molecule has 5 heteroatoms. The van der Waals surface area contributed by atoms with Gasteiger partial charge in [-0.15, -0.1) is 0 Å². The number of allylic oxidation sites excluding steroid dienone is 2. The van der Waals surface area contributed by atoms with Crippen LogP contribution >= 0.6 is 0 Å². The first-order valence-electron chi connectivity index (χ1n) is 11.6. The molecule has 1 aromatic heterocycles. The SMILES string of the molecule is CC(C)=CCC[C@]1(C)C=Cc2c(c3c(c4cc(-c5cc(O)cc(O)c5)oc24)C=CC(C)(C)O3)O1. The molecule has 2 N–H and O–H groups in total. The Hall–Kier alpha value is -3.60. The standard InChI is InChI=1S/C29H30O5/c1-17(2)7-6-10-29(5)12-9-22-25-23(16-24(32-25)18-13-19(30)15-20(31)14-18)21-8-11-28(3,4)33-26(21)27(22)34-29/h7-9,11-16,30-31H,6,10H2,1-5H3/t29-/m1/s1. The second kappa shape index (κ2) is 7.73. The van der Waals surface area contributed by atoms with E-state index in [0.29, 0.717) is 28.4 Å². The number of ether oxygens (including phenoxy) is 2. The maximum Gasteiger partial charge on any atom is 0.174 e. The van der Waals surface area contributed by atoms with Crippen molar-refractivity contribution in [2.24, 2.45) is 0 Å². The second-order valence-corrected chi connectivity index (χ2v) is 10.2. The summed E-state index contributed by atoms with van der Waals surface area (Å²) in [5, 5.41) is 20.8. The summed E-state index contributed by atoms with van der Waals surface area (Å²) < 4.78 is 19.4. The quantitative estimate of drug-likeness (QED) is 0.394. The molecule has 0 fully saturated rings. The van der Waals surface area contributed by atoms with Crippen molar-refractivity contribution in [3.05, 3.63) is 59.2 Å². The number of rotatable bonds is 4. The highest BCUT2D eigenvalue weighted by Crippen LogP contribution is 2.51. The lowest BCUT2D eigenvalue weighted by Crippen LogP contribution is -2.34. The molecular weight excluding hydrogens is 428 g/mol. The van der Waals surface area contributed by atoms with E-state index in [1.165, 1.54) is 11.6 Å². The van der Waals surface area contributed by atoms with E-state index in [1.807, 2.05) is 26.0 Å². The summed E-state index contributed by atoms with van der Waals surface area (Å²) in [5.41, 5.74) is 3.35. The summed E-state index contributed by atoms with van der Waals surface area (Å²) in [4.78, 5) is 0. The summed E-state index contributed by atoms with van der Waals surface area (Å²) in [7, 11) is 0. The highest BCUT2D eigenvalue weighted by atomic mass is 16.5. The Morgan fingerprint density at radius 1 is 0.882 bits per heavy atom. The van der Waals surface area contributed by atoms with Gasteiger partial charge in [-0.25, -0.2) is 0 Å². The fraction of sp³-hybridized carbons (Fsp3) is 0.310. The molecule has 5 nitrogen and oxygen atoms in total. The molecule has 0 saturated carbocycles. The van der Waals surface area contributed by atoms with Gasteiger partial charge in [0.05, 0.1) is 5.56 Å². The third-order valence-electron chi connectivity index (χ3n) is 6.30. The number of phenols is 2. The van der Waals surface area contributed by atoms with Crippen LogP contribution in [0.5, 0.6) is 23.0 Å². The van der Waals surface area contributed by atoms with Gasteiger partial charge < -0.3 is 24.1 Å². The van der Waals surface area contributed by atoms with Crippen molar-refractivity contribution in [2.45, 2.75) is 58.7 Å². The number of benzene rings is 2. The van der Waals surface area contributed by atoms with E-state index in [1.54, 1.807) is 12.1 Å². The maximum absolute atomic E-state index is 9.97. The van der Waals surface area contributed by atoms with Gasteiger partial charge in [0.15, 0.2) is 11.5 Å². The number of phenolic OH excluding ortho intramolecular Hbond substituents is 2. The topological polar surface area (TPSA) is 72.1 Å². The molecule has 3 aromatic rings. The van der Waals surface area contributed by atoms with Crippen LogP contribution < -0.4 is 9.47 Å².